The molecular weight excluding hydrogens is 260 g/mol. The maximum absolute atomic E-state index is 8.82. The first-order chi connectivity index (χ1) is 9.81. The quantitative estimate of drug-likeness (QED) is 0.926. The Morgan fingerprint density at radius 1 is 1.24 bits per heavy atom. The molecule has 110 valence electrons. The lowest BCUT2D eigenvalue weighted by atomic mass is 10.1. The van der Waals surface area contributed by atoms with Crippen molar-refractivity contribution in [2.24, 2.45) is 0 Å². The predicted octanol–water partition coefficient (Wildman–Crippen LogP) is 3.99. The van der Waals surface area contributed by atoms with E-state index in [9.17, 15) is 0 Å². The van der Waals surface area contributed by atoms with E-state index in [2.05, 4.69) is 50.4 Å². The zero-order valence-electron chi connectivity index (χ0n) is 13.3. The van der Waals surface area contributed by atoms with Crippen LogP contribution in [0.2, 0.25) is 0 Å². The largest absolute Gasteiger partial charge is 0.378 e. The van der Waals surface area contributed by atoms with Crippen LogP contribution in [0.5, 0.6) is 0 Å². The van der Waals surface area contributed by atoms with Crippen molar-refractivity contribution >= 4 is 5.69 Å². The van der Waals surface area contributed by atoms with Crippen LogP contribution in [-0.4, -0.2) is 9.78 Å². The molecule has 0 aliphatic heterocycles. The third kappa shape index (κ3) is 3.43. The molecule has 0 amide bonds. The van der Waals surface area contributed by atoms with Gasteiger partial charge in [-0.1, -0.05) is 0 Å². The molecule has 0 saturated carbocycles. The summed E-state index contributed by atoms with van der Waals surface area (Å²) < 4.78 is 2.01. The molecule has 1 heterocycles. The fourth-order valence-electron chi connectivity index (χ4n) is 2.21. The van der Waals surface area contributed by atoms with Gasteiger partial charge in [-0.2, -0.15) is 10.4 Å². The summed E-state index contributed by atoms with van der Waals surface area (Å²) in [6, 6.07) is 9.79. The van der Waals surface area contributed by atoms with E-state index < -0.39 is 0 Å². The fourth-order valence-corrected chi connectivity index (χ4v) is 2.21. The van der Waals surface area contributed by atoms with Crippen LogP contribution in [0.3, 0.4) is 0 Å². The minimum absolute atomic E-state index is 0.0167. The molecule has 1 N–H and O–H groups in total. The summed E-state index contributed by atoms with van der Waals surface area (Å²) >= 11 is 0. The Kier molecular flexibility index (Phi) is 4.04. The van der Waals surface area contributed by atoms with E-state index in [1.54, 1.807) is 0 Å². The van der Waals surface area contributed by atoms with Crippen molar-refractivity contribution in [3.63, 3.8) is 0 Å². The van der Waals surface area contributed by atoms with Gasteiger partial charge in [0.15, 0.2) is 0 Å². The average molecular weight is 282 g/mol. The molecule has 1 unspecified atom stereocenters. The molecule has 0 bridgehead atoms. The number of nitrogens with one attached hydrogen (secondary N) is 1. The molecule has 0 fully saturated rings. The van der Waals surface area contributed by atoms with Crippen LogP contribution in [0, 0.1) is 18.3 Å². The minimum Gasteiger partial charge on any atom is -0.378 e. The fraction of sp³-hybridized carbons (Fsp3) is 0.412. The maximum Gasteiger partial charge on any atom is 0.0991 e. The highest BCUT2D eigenvalue weighted by Gasteiger charge is 2.19. The first kappa shape index (κ1) is 15.1. The molecule has 0 radical (unpaired) electrons. The van der Waals surface area contributed by atoms with Crippen molar-refractivity contribution in [1.29, 1.82) is 5.26 Å². The van der Waals surface area contributed by atoms with E-state index in [0.717, 1.165) is 11.4 Å². The van der Waals surface area contributed by atoms with Crippen LogP contribution in [0.4, 0.5) is 5.69 Å². The number of anilines is 1. The zero-order chi connectivity index (χ0) is 15.6. The number of aromatic nitrogens is 2. The van der Waals surface area contributed by atoms with Gasteiger partial charge in [0.25, 0.3) is 0 Å². The van der Waals surface area contributed by atoms with E-state index in [0.29, 0.717) is 5.56 Å². The van der Waals surface area contributed by atoms with Gasteiger partial charge in [-0.15, -0.1) is 0 Å². The first-order valence-corrected chi connectivity index (χ1v) is 7.14. The molecule has 2 aromatic rings. The highest BCUT2D eigenvalue weighted by Crippen LogP contribution is 2.24. The van der Waals surface area contributed by atoms with E-state index in [1.165, 1.54) is 5.56 Å². The van der Waals surface area contributed by atoms with E-state index >= 15 is 0 Å². The lowest BCUT2D eigenvalue weighted by molar-refractivity contribution is 0.354. The van der Waals surface area contributed by atoms with Crippen LogP contribution in [0.25, 0.3) is 0 Å². The van der Waals surface area contributed by atoms with E-state index in [1.807, 2.05) is 35.9 Å². The first-order valence-electron chi connectivity index (χ1n) is 7.14. The summed E-state index contributed by atoms with van der Waals surface area (Å²) in [7, 11) is 0. The number of benzene rings is 1. The Morgan fingerprint density at radius 2 is 1.86 bits per heavy atom. The van der Waals surface area contributed by atoms with Crippen LogP contribution < -0.4 is 5.32 Å². The number of hydrogen-bond donors (Lipinski definition) is 1. The summed E-state index contributed by atoms with van der Waals surface area (Å²) in [4.78, 5) is 0. The Hall–Kier alpha value is -2.28. The smallest absolute Gasteiger partial charge is 0.0991 e. The minimum atomic E-state index is -0.0167. The monoisotopic (exact) mass is 282 g/mol. The van der Waals surface area contributed by atoms with Crippen molar-refractivity contribution in [2.75, 3.05) is 5.32 Å². The van der Waals surface area contributed by atoms with Gasteiger partial charge in [0.2, 0.25) is 0 Å². The van der Waals surface area contributed by atoms with Gasteiger partial charge in [0.05, 0.1) is 28.9 Å². The lowest BCUT2D eigenvalue weighted by Gasteiger charge is -2.19. The topological polar surface area (TPSA) is 53.6 Å². The standard InChI is InChI=1S/C17H22N4/c1-12(19-15-8-6-14(10-18)7-9-15)16-11-21(17(3,4)5)20-13(16)2/h6-9,11-12,19H,1-5H3. The summed E-state index contributed by atoms with van der Waals surface area (Å²) in [5, 5.41) is 16.9. The van der Waals surface area contributed by atoms with Crippen LogP contribution in [0.1, 0.15) is 50.6 Å². The number of nitrogens with zero attached hydrogens (tertiary/aromatic N) is 3. The molecule has 1 atom stereocenters. The maximum atomic E-state index is 8.82. The molecule has 1 aromatic heterocycles. The van der Waals surface area contributed by atoms with Crippen molar-refractivity contribution in [2.45, 2.75) is 46.2 Å². The Bertz CT molecular complexity index is 654. The van der Waals surface area contributed by atoms with Gasteiger partial charge in [0, 0.05) is 17.4 Å². The van der Waals surface area contributed by atoms with Gasteiger partial charge in [-0.05, 0) is 58.9 Å². The summed E-state index contributed by atoms with van der Waals surface area (Å²) in [6.07, 6.45) is 2.11. The van der Waals surface area contributed by atoms with Crippen molar-refractivity contribution < 1.29 is 0 Å². The Morgan fingerprint density at radius 3 is 2.33 bits per heavy atom. The summed E-state index contributed by atoms with van der Waals surface area (Å²) in [5.74, 6) is 0. The highest BCUT2D eigenvalue weighted by molar-refractivity contribution is 5.48. The molecule has 4 nitrogen and oxygen atoms in total. The zero-order valence-corrected chi connectivity index (χ0v) is 13.3. The van der Waals surface area contributed by atoms with Crippen molar-refractivity contribution in [3.8, 4) is 6.07 Å². The molecule has 1 aromatic carbocycles. The molecule has 0 spiro atoms. The normalized spacial score (nSPS) is 12.8. The number of rotatable bonds is 3. The predicted molar refractivity (Wildman–Crippen MR) is 85.2 cm³/mol. The van der Waals surface area contributed by atoms with Crippen LogP contribution in [0.15, 0.2) is 30.5 Å². The molecule has 0 aliphatic carbocycles. The molecule has 21 heavy (non-hydrogen) atoms. The van der Waals surface area contributed by atoms with Crippen LogP contribution in [-0.2, 0) is 5.54 Å². The lowest BCUT2D eigenvalue weighted by Crippen LogP contribution is -2.22. The second kappa shape index (κ2) is 5.61. The van der Waals surface area contributed by atoms with Gasteiger partial charge in [-0.3, -0.25) is 4.68 Å². The molecule has 0 aliphatic rings. The molecule has 4 heteroatoms. The van der Waals surface area contributed by atoms with Crippen molar-refractivity contribution in [3.05, 3.63) is 47.3 Å². The van der Waals surface area contributed by atoms with Crippen LogP contribution >= 0.6 is 0 Å². The average Bonchev–Trinajstić information content (AvgIpc) is 2.82. The van der Waals surface area contributed by atoms with Gasteiger partial charge in [-0.25, -0.2) is 0 Å². The second-order valence-electron chi connectivity index (χ2n) is 6.34. The third-order valence-electron chi connectivity index (χ3n) is 3.49. The molecule has 0 saturated heterocycles. The van der Waals surface area contributed by atoms with E-state index in [4.69, 9.17) is 5.26 Å². The Labute approximate surface area is 126 Å². The SMILES string of the molecule is Cc1nn(C(C)(C)C)cc1C(C)Nc1ccc(C#N)cc1. The highest BCUT2D eigenvalue weighted by atomic mass is 15.3. The van der Waals surface area contributed by atoms with Gasteiger partial charge >= 0.3 is 0 Å². The Balaban J connectivity index is 2.18. The van der Waals surface area contributed by atoms with E-state index in [-0.39, 0.29) is 11.6 Å². The van der Waals surface area contributed by atoms with Gasteiger partial charge in [0.1, 0.15) is 0 Å². The van der Waals surface area contributed by atoms with Gasteiger partial charge < -0.3 is 5.32 Å². The molecular formula is C17H22N4. The van der Waals surface area contributed by atoms with Crippen molar-refractivity contribution in [1.82, 2.24) is 9.78 Å². The molecule has 2 rings (SSSR count). The summed E-state index contributed by atoms with van der Waals surface area (Å²) in [5.41, 5.74) is 3.89. The summed E-state index contributed by atoms with van der Waals surface area (Å²) in [6.45, 7) is 10.6. The number of hydrogen-bond acceptors (Lipinski definition) is 3. The second-order valence-corrected chi connectivity index (χ2v) is 6.34. The number of aryl methyl sites for hydroxylation is 1. The third-order valence-corrected chi connectivity index (χ3v) is 3.49. The number of nitriles is 1.